The number of urea groups is 1. The molecule has 1 aliphatic heterocycles. The normalized spacial score (nSPS) is 15.2. The molecule has 178 valence electrons. The van der Waals surface area contributed by atoms with Crippen molar-refractivity contribution >= 4 is 18.0 Å². The Labute approximate surface area is 188 Å². The van der Waals surface area contributed by atoms with Crippen LogP contribution in [-0.2, 0) is 27.1 Å². The van der Waals surface area contributed by atoms with E-state index >= 15 is 0 Å². The molecule has 0 saturated heterocycles. The number of aromatic nitrogens is 2. The standard InChI is InChI=1S/C11H18N2O3.C11H16N2O3/c2*1-4-7-9(10(14)16-6-3)8(5-2)13-11(15)12-7/h7H,4-6H2,1-3H3,(H2,12,13,15);4-6H2,1-3H3,(H,12,13,15). The van der Waals surface area contributed by atoms with Crippen molar-refractivity contribution in [1.82, 2.24) is 20.6 Å². The lowest BCUT2D eigenvalue weighted by atomic mass is 9.99. The lowest BCUT2D eigenvalue weighted by Gasteiger charge is -2.27. The van der Waals surface area contributed by atoms with E-state index in [1.54, 1.807) is 13.8 Å². The number of ether oxygens (including phenoxy) is 2. The zero-order chi connectivity index (χ0) is 24.3. The Balaban J connectivity index is 0.000000320. The van der Waals surface area contributed by atoms with Crippen molar-refractivity contribution in [1.29, 1.82) is 0 Å². The number of aryl methyl sites for hydroxylation is 2. The minimum atomic E-state index is -0.417. The topological polar surface area (TPSA) is 139 Å². The van der Waals surface area contributed by atoms with Gasteiger partial charge in [0.2, 0.25) is 0 Å². The molecule has 0 bridgehead atoms. The van der Waals surface area contributed by atoms with Crippen molar-refractivity contribution in [2.75, 3.05) is 13.2 Å². The van der Waals surface area contributed by atoms with Crippen LogP contribution in [0.4, 0.5) is 4.79 Å². The lowest BCUT2D eigenvalue weighted by Crippen LogP contribution is -2.50. The molecule has 1 atom stereocenters. The number of amides is 2. The summed E-state index contributed by atoms with van der Waals surface area (Å²) >= 11 is 0. The van der Waals surface area contributed by atoms with Gasteiger partial charge in [0.1, 0.15) is 5.56 Å². The number of carbonyl (C=O) groups is 3. The second-order valence-electron chi connectivity index (χ2n) is 6.80. The third-order valence-corrected chi connectivity index (χ3v) is 4.75. The molecule has 3 N–H and O–H groups in total. The van der Waals surface area contributed by atoms with Crippen LogP contribution >= 0.6 is 0 Å². The maximum absolute atomic E-state index is 11.8. The molecule has 1 unspecified atom stereocenters. The van der Waals surface area contributed by atoms with Crippen LogP contribution in [0.15, 0.2) is 16.1 Å². The van der Waals surface area contributed by atoms with Crippen LogP contribution < -0.4 is 16.3 Å². The van der Waals surface area contributed by atoms with Crippen molar-refractivity contribution in [2.24, 2.45) is 0 Å². The average Bonchev–Trinajstić information content (AvgIpc) is 2.78. The quantitative estimate of drug-likeness (QED) is 0.517. The van der Waals surface area contributed by atoms with Gasteiger partial charge in [-0.1, -0.05) is 27.7 Å². The molecule has 2 amide bonds. The molecule has 10 heteroatoms. The molecule has 10 nitrogen and oxygen atoms in total. The number of esters is 2. The summed E-state index contributed by atoms with van der Waals surface area (Å²) < 4.78 is 9.94. The predicted molar refractivity (Wildman–Crippen MR) is 119 cm³/mol. The van der Waals surface area contributed by atoms with Crippen LogP contribution in [0.5, 0.6) is 0 Å². The van der Waals surface area contributed by atoms with E-state index in [9.17, 15) is 19.2 Å². The summed E-state index contributed by atoms with van der Waals surface area (Å²) in [6.07, 6.45) is 2.38. The van der Waals surface area contributed by atoms with Gasteiger partial charge in [0.25, 0.3) is 0 Å². The van der Waals surface area contributed by atoms with Crippen LogP contribution in [0.3, 0.4) is 0 Å². The number of carbonyl (C=O) groups excluding carboxylic acids is 3. The highest BCUT2D eigenvalue weighted by Crippen LogP contribution is 2.18. The lowest BCUT2D eigenvalue weighted by molar-refractivity contribution is -0.139. The fourth-order valence-electron chi connectivity index (χ4n) is 3.28. The molecule has 0 aromatic carbocycles. The van der Waals surface area contributed by atoms with E-state index in [1.165, 1.54) is 0 Å². The predicted octanol–water partition coefficient (Wildman–Crippen LogP) is 2.38. The number of nitrogens with one attached hydrogen (secondary N) is 3. The number of rotatable bonds is 8. The average molecular weight is 451 g/mol. The fourth-order valence-corrected chi connectivity index (χ4v) is 3.28. The first-order valence-electron chi connectivity index (χ1n) is 11.0. The summed E-state index contributed by atoms with van der Waals surface area (Å²) in [6, 6.07) is -0.500. The number of allylic oxidation sites excluding steroid dienone is 1. The molecule has 2 heterocycles. The zero-order valence-electron chi connectivity index (χ0n) is 19.7. The second kappa shape index (κ2) is 13.3. The van der Waals surface area contributed by atoms with Crippen LogP contribution in [0.2, 0.25) is 0 Å². The zero-order valence-corrected chi connectivity index (χ0v) is 19.7. The highest BCUT2D eigenvalue weighted by Gasteiger charge is 2.30. The fraction of sp³-hybridized carbons (Fsp3) is 0.591. The van der Waals surface area contributed by atoms with Gasteiger partial charge in [-0.2, -0.15) is 4.98 Å². The summed E-state index contributed by atoms with van der Waals surface area (Å²) in [5, 5.41) is 5.36. The van der Waals surface area contributed by atoms with Gasteiger partial charge in [0.15, 0.2) is 0 Å². The van der Waals surface area contributed by atoms with E-state index in [4.69, 9.17) is 9.47 Å². The van der Waals surface area contributed by atoms with E-state index in [0.29, 0.717) is 67.1 Å². The highest BCUT2D eigenvalue weighted by atomic mass is 16.5. The van der Waals surface area contributed by atoms with Crippen molar-refractivity contribution < 1.29 is 23.9 Å². The van der Waals surface area contributed by atoms with Crippen LogP contribution in [0, 0.1) is 0 Å². The van der Waals surface area contributed by atoms with Crippen LogP contribution in [-0.4, -0.2) is 47.2 Å². The van der Waals surface area contributed by atoms with Gasteiger partial charge < -0.3 is 25.1 Å². The maximum Gasteiger partial charge on any atom is 0.345 e. The number of H-pyrrole nitrogens is 1. The monoisotopic (exact) mass is 450 g/mol. The Hall–Kier alpha value is -3.17. The Bertz CT molecular complexity index is 878. The van der Waals surface area contributed by atoms with Gasteiger partial charge in [-0.3, -0.25) is 0 Å². The van der Waals surface area contributed by atoms with E-state index in [0.717, 1.165) is 0 Å². The van der Waals surface area contributed by atoms with Gasteiger partial charge in [-0.15, -0.1) is 0 Å². The van der Waals surface area contributed by atoms with Crippen LogP contribution in [0.25, 0.3) is 0 Å². The minimum Gasteiger partial charge on any atom is -0.463 e. The number of nitrogens with zero attached hydrogens (tertiary/aromatic N) is 1. The first kappa shape index (κ1) is 26.9. The van der Waals surface area contributed by atoms with Crippen LogP contribution in [0.1, 0.15) is 76.1 Å². The van der Waals surface area contributed by atoms with Gasteiger partial charge in [0.05, 0.1) is 30.5 Å². The Kier molecular flexibility index (Phi) is 11.2. The Morgan fingerprint density at radius 1 is 0.906 bits per heavy atom. The summed E-state index contributed by atoms with van der Waals surface area (Å²) in [7, 11) is 0. The van der Waals surface area contributed by atoms with Crippen molar-refractivity contribution in [3.05, 3.63) is 38.7 Å². The SMILES string of the molecule is CCOC(=O)C1=C(CC)NC(=O)NC1CC.CCOC(=O)c1c(CC)nc(=O)[nH]c1CC. The molecule has 0 aliphatic carbocycles. The molecule has 32 heavy (non-hydrogen) atoms. The molecule has 0 radical (unpaired) electrons. The Morgan fingerprint density at radius 3 is 2.03 bits per heavy atom. The van der Waals surface area contributed by atoms with Crippen molar-refractivity contribution in [3.63, 3.8) is 0 Å². The molecule has 0 saturated carbocycles. The molecule has 1 aromatic heterocycles. The molecule has 1 aliphatic rings. The molecule has 0 spiro atoms. The van der Waals surface area contributed by atoms with Gasteiger partial charge in [-0.05, 0) is 39.5 Å². The summed E-state index contributed by atoms with van der Waals surface area (Å²) in [4.78, 5) is 52.4. The van der Waals surface area contributed by atoms with Gasteiger partial charge in [-0.25, -0.2) is 19.2 Å². The summed E-state index contributed by atoms with van der Waals surface area (Å²) in [5.41, 5.74) is 2.29. The van der Waals surface area contributed by atoms with E-state index in [1.807, 2.05) is 27.7 Å². The molecule has 2 rings (SSSR count). The largest absolute Gasteiger partial charge is 0.463 e. The number of hydrogen-bond donors (Lipinski definition) is 3. The first-order chi connectivity index (χ1) is 15.3. The van der Waals surface area contributed by atoms with Crippen molar-refractivity contribution in [3.8, 4) is 0 Å². The Morgan fingerprint density at radius 2 is 1.53 bits per heavy atom. The third-order valence-electron chi connectivity index (χ3n) is 4.75. The number of aromatic amines is 1. The van der Waals surface area contributed by atoms with Gasteiger partial charge >= 0.3 is 23.7 Å². The molecule has 1 aromatic rings. The highest BCUT2D eigenvalue weighted by molar-refractivity contribution is 5.94. The second-order valence-corrected chi connectivity index (χ2v) is 6.80. The molecule has 0 fully saturated rings. The van der Waals surface area contributed by atoms with E-state index < -0.39 is 11.7 Å². The van der Waals surface area contributed by atoms with E-state index in [-0.39, 0.29) is 18.0 Å². The summed E-state index contributed by atoms with van der Waals surface area (Å²) in [5.74, 6) is -0.765. The smallest absolute Gasteiger partial charge is 0.345 e. The van der Waals surface area contributed by atoms with Gasteiger partial charge in [0, 0.05) is 11.4 Å². The molecular formula is C22H34N4O6. The van der Waals surface area contributed by atoms with E-state index in [2.05, 4.69) is 20.6 Å². The first-order valence-corrected chi connectivity index (χ1v) is 11.0. The number of hydrogen-bond acceptors (Lipinski definition) is 7. The third kappa shape index (κ3) is 6.93. The van der Waals surface area contributed by atoms with Crippen molar-refractivity contribution in [2.45, 2.75) is 73.3 Å². The maximum atomic E-state index is 11.8. The molecular weight excluding hydrogens is 416 g/mol. The minimum absolute atomic E-state index is 0.247. The summed E-state index contributed by atoms with van der Waals surface area (Å²) in [6.45, 7) is 11.7.